The van der Waals surface area contributed by atoms with E-state index in [-0.39, 0.29) is 29.0 Å². The van der Waals surface area contributed by atoms with Crippen molar-refractivity contribution in [1.29, 1.82) is 0 Å². The number of carbonyl (C=O) groups is 2. The molecule has 2 aromatic carbocycles. The Morgan fingerprint density at radius 1 is 1.15 bits per heavy atom. The van der Waals surface area contributed by atoms with Crippen molar-refractivity contribution in [2.24, 2.45) is 0 Å². The number of anilines is 1. The van der Waals surface area contributed by atoms with Crippen LogP contribution in [-0.2, 0) is 4.79 Å². The summed E-state index contributed by atoms with van der Waals surface area (Å²) in [4.78, 5) is 24.1. The fourth-order valence-electron chi connectivity index (χ4n) is 2.21. The fraction of sp³-hybridized carbons (Fsp3) is 0.222. The molecule has 0 aliphatic rings. The van der Waals surface area contributed by atoms with Crippen molar-refractivity contribution in [3.05, 3.63) is 59.1 Å². The summed E-state index contributed by atoms with van der Waals surface area (Å²) < 4.78 is 28.6. The van der Waals surface area contributed by atoms with Crippen molar-refractivity contribution in [2.45, 2.75) is 26.0 Å². The van der Waals surface area contributed by atoms with Gasteiger partial charge in [-0.15, -0.1) is 0 Å². The number of rotatable bonds is 7. The number of amides is 2. The second kappa shape index (κ2) is 9.15. The van der Waals surface area contributed by atoms with E-state index in [4.69, 9.17) is 11.6 Å². The molecule has 0 bridgehead atoms. The summed E-state index contributed by atoms with van der Waals surface area (Å²) in [5.74, 6) is -0.810. The number of carbonyl (C=O) groups excluding carboxylic acids is 2. The average Bonchev–Trinajstić information content (AvgIpc) is 2.57. The summed E-state index contributed by atoms with van der Waals surface area (Å²) in [7, 11) is 0. The zero-order chi connectivity index (χ0) is 19.1. The molecule has 0 radical (unpaired) electrons. The number of hydrogen-bond acceptors (Lipinski definition) is 3. The Kier molecular flexibility index (Phi) is 6.91. The Bertz CT molecular complexity index is 772. The van der Waals surface area contributed by atoms with E-state index in [1.807, 2.05) is 0 Å². The van der Waals surface area contributed by atoms with Crippen LogP contribution < -0.4 is 15.4 Å². The molecule has 0 fully saturated rings. The molecule has 0 aliphatic heterocycles. The second-order valence-electron chi connectivity index (χ2n) is 5.52. The Labute approximate surface area is 154 Å². The summed E-state index contributed by atoms with van der Waals surface area (Å²) in [6, 6.07) is 12.2. The molecule has 8 heteroatoms. The van der Waals surface area contributed by atoms with Crippen LogP contribution in [0, 0.1) is 0 Å². The normalized spacial score (nSPS) is 11.7. The molecule has 0 spiro atoms. The van der Waals surface area contributed by atoms with Gasteiger partial charge in [-0.1, -0.05) is 29.8 Å². The summed E-state index contributed by atoms with van der Waals surface area (Å²) in [5.41, 5.74) is 0.837. The van der Waals surface area contributed by atoms with Gasteiger partial charge in [0.2, 0.25) is 5.91 Å². The largest absolute Gasteiger partial charge is 0.433 e. The van der Waals surface area contributed by atoms with Crippen LogP contribution in [0.1, 0.15) is 23.7 Å². The smallest absolute Gasteiger partial charge is 0.387 e. The second-order valence-corrected chi connectivity index (χ2v) is 5.92. The van der Waals surface area contributed by atoms with E-state index in [1.165, 1.54) is 18.2 Å². The van der Waals surface area contributed by atoms with E-state index in [9.17, 15) is 18.4 Å². The highest BCUT2D eigenvalue weighted by Gasteiger charge is 2.14. The number of hydrogen-bond donors (Lipinski definition) is 2. The predicted molar refractivity (Wildman–Crippen MR) is 94.7 cm³/mol. The maximum atomic E-state index is 12.2. The number of halogens is 3. The van der Waals surface area contributed by atoms with Gasteiger partial charge < -0.3 is 15.4 Å². The average molecular weight is 383 g/mol. The minimum atomic E-state index is -2.98. The quantitative estimate of drug-likeness (QED) is 0.758. The highest BCUT2D eigenvalue weighted by molar-refractivity contribution is 6.32. The van der Waals surface area contributed by atoms with Gasteiger partial charge in [-0.05, 0) is 37.3 Å². The van der Waals surface area contributed by atoms with Crippen molar-refractivity contribution in [1.82, 2.24) is 5.32 Å². The molecule has 26 heavy (non-hydrogen) atoms. The molecular formula is C18H17ClF2N2O3. The molecule has 1 unspecified atom stereocenters. The van der Waals surface area contributed by atoms with Crippen LogP contribution in [0.3, 0.4) is 0 Å². The Balaban J connectivity index is 1.88. The van der Waals surface area contributed by atoms with Crippen LogP contribution in [0.4, 0.5) is 14.5 Å². The monoisotopic (exact) mass is 382 g/mol. The van der Waals surface area contributed by atoms with E-state index >= 15 is 0 Å². The molecule has 2 aromatic rings. The van der Waals surface area contributed by atoms with Crippen molar-refractivity contribution in [3.63, 3.8) is 0 Å². The van der Waals surface area contributed by atoms with Gasteiger partial charge in [0.05, 0.1) is 5.02 Å². The van der Waals surface area contributed by atoms with Gasteiger partial charge in [-0.25, -0.2) is 0 Å². The predicted octanol–water partition coefficient (Wildman–Crippen LogP) is 4.09. The standard InChI is InChI=1S/C18H17ClF2N2O3/c1-11(22-17(25)12-5-3-2-4-6-12)9-16(24)23-13-7-8-15(14(19)10-13)26-18(20)21/h2-8,10-11,18H,9H2,1H3,(H,22,25)(H,23,24). The lowest BCUT2D eigenvalue weighted by molar-refractivity contribution is -0.116. The van der Waals surface area contributed by atoms with Gasteiger partial charge in [0.15, 0.2) is 0 Å². The molecule has 0 saturated heterocycles. The third kappa shape index (κ3) is 6.00. The van der Waals surface area contributed by atoms with E-state index in [1.54, 1.807) is 37.3 Å². The molecule has 0 aromatic heterocycles. The van der Waals surface area contributed by atoms with Crippen LogP contribution in [0.5, 0.6) is 5.75 Å². The molecule has 2 N–H and O–H groups in total. The van der Waals surface area contributed by atoms with E-state index in [0.29, 0.717) is 11.3 Å². The first-order valence-corrected chi connectivity index (χ1v) is 8.13. The van der Waals surface area contributed by atoms with Crippen LogP contribution in [0.2, 0.25) is 5.02 Å². The maximum Gasteiger partial charge on any atom is 0.387 e. The highest BCUT2D eigenvalue weighted by Crippen LogP contribution is 2.29. The zero-order valence-electron chi connectivity index (χ0n) is 13.8. The summed E-state index contributed by atoms with van der Waals surface area (Å²) in [6.07, 6.45) is 0.0332. The molecule has 138 valence electrons. The summed E-state index contributed by atoms with van der Waals surface area (Å²) in [5, 5.41) is 5.27. The van der Waals surface area contributed by atoms with Crippen molar-refractivity contribution in [2.75, 3.05) is 5.32 Å². The molecule has 0 aliphatic carbocycles. The van der Waals surface area contributed by atoms with Crippen molar-refractivity contribution in [3.8, 4) is 5.75 Å². The molecule has 0 heterocycles. The summed E-state index contributed by atoms with van der Waals surface area (Å²) in [6.45, 7) is -1.28. The molecular weight excluding hydrogens is 366 g/mol. The van der Waals surface area contributed by atoms with E-state index in [2.05, 4.69) is 15.4 Å². The summed E-state index contributed by atoms with van der Waals surface area (Å²) >= 11 is 5.83. The van der Waals surface area contributed by atoms with Gasteiger partial charge in [-0.3, -0.25) is 9.59 Å². The number of nitrogens with one attached hydrogen (secondary N) is 2. The van der Waals surface area contributed by atoms with Crippen LogP contribution in [0.15, 0.2) is 48.5 Å². The van der Waals surface area contributed by atoms with Crippen LogP contribution >= 0.6 is 11.6 Å². The topological polar surface area (TPSA) is 67.4 Å². The van der Waals surface area contributed by atoms with E-state index in [0.717, 1.165) is 0 Å². The first-order chi connectivity index (χ1) is 12.3. The highest BCUT2D eigenvalue weighted by atomic mass is 35.5. The SMILES string of the molecule is CC(CC(=O)Nc1ccc(OC(F)F)c(Cl)c1)NC(=O)c1ccccc1. The first-order valence-electron chi connectivity index (χ1n) is 7.75. The third-order valence-electron chi connectivity index (χ3n) is 3.34. The van der Waals surface area contributed by atoms with Gasteiger partial charge in [0.25, 0.3) is 5.91 Å². The Morgan fingerprint density at radius 2 is 1.85 bits per heavy atom. The Morgan fingerprint density at radius 3 is 2.46 bits per heavy atom. The van der Waals surface area contributed by atoms with Crippen molar-refractivity contribution >= 4 is 29.1 Å². The molecule has 2 rings (SSSR count). The van der Waals surface area contributed by atoms with Gasteiger partial charge in [-0.2, -0.15) is 8.78 Å². The van der Waals surface area contributed by atoms with Crippen LogP contribution in [0.25, 0.3) is 0 Å². The molecule has 5 nitrogen and oxygen atoms in total. The lowest BCUT2D eigenvalue weighted by Crippen LogP contribution is -2.35. The molecule has 1 atom stereocenters. The number of alkyl halides is 2. The Hall–Kier alpha value is -2.67. The number of ether oxygens (including phenoxy) is 1. The van der Waals surface area contributed by atoms with Gasteiger partial charge in [0, 0.05) is 23.7 Å². The lowest BCUT2D eigenvalue weighted by Gasteiger charge is -2.14. The minimum Gasteiger partial charge on any atom is -0.433 e. The fourth-order valence-corrected chi connectivity index (χ4v) is 2.43. The van der Waals surface area contributed by atoms with E-state index < -0.39 is 12.7 Å². The number of benzene rings is 2. The third-order valence-corrected chi connectivity index (χ3v) is 3.63. The lowest BCUT2D eigenvalue weighted by atomic mass is 10.1. The van der Waals surface area contributed by atoms with Crippen molar-refractivity contribution < 1.29 is 23.1 Å². The zero-order valence-corrected chi connectivity index (χ0v) is 14.6. The molecule has 0 saturated carbocycles. The van der Waals surface area contributed by atoms with Gasteiger partial charge >= 0.3 is 6.61 Å². The minimum absolute atomic E-state index is 0.0332. The maximum absolute atomic E-state index is 12.2. The van der Waals surface area contributed by atoms with Gasteiger partial charge in [0.1, 0.15) is 5.75 Å². The first kappa shape index (κ1) is 19.7. The van der Waals surface area contributed by atoms with Crippen LogP contribution in [-0.4, -0.2) is 24.5 Å². The molecule has 2 amide bonds.